The molecule has 0 bridgehead atoms. The summed E-state index contributed by atoms with van der Waals surface area (Å²) in [6.45, 7) is 0. The molecule has 0 aliphatic rings. The lowest BCUT2D eigenvalue weighted by atomic mass is 10.0. The minimum absolute atomic E-state index is 0.0361. The summed E-state index contributed by atoms with van der Waals surface area (Å²) in [4.78, 5) is 45.1. The van der Waals surface area contributed by atoms with Crippen molar-refractivity contribution in [2.45, 2.75) is 0 Å². The van der Waals surface area contributed by atoms with E-state index in [1.807, 2.05) is 0 Å². The lowest BCUT2D eigenvalue weighted by molar-refractivity contribution is 0.0956. The summed E-state index contributed by atoms with van der Waals surface area (Å²) in [5.41, 5.74) is 6.98. The number of benzene rings is 6. The number of halogens is 5. The second kappa shape index (κ2) is 21.3. The number of hydrogen-bond donors (Lipinski definition) is 2. The molecule has 446 valence electrons. The van der Waals surface area contributed by atoms with Gasteiger partial charge in [0.1, 0.15) is 69.7 Å². The Hall–Kier alpha value is -10.8. The van der Waals surface area contributed by atoms with E-state index in [1.54, 1.807) is 94.3 Å². The number of fused-ring (bicyclic) bond motifs is 12. The first-order valence-electron chi connectivity index (χ1n) is 27.0. The zero-order valence-electron chi connectivity index (χ0n) is 47.5. The molecule has 0 spiro atoms. The van der Waals surface area contributed by atoms with Crippen LogP contribution in [0.2, 0.25) is 0 Å². The normalized spacial score (nSPS) is 12.0. The highest BCUT2D eigenvalue weighted by molar-refractivity contribution is 7.92. The number of pyridine rings is 2. The molecule has 14 aromatic rings. The van der Waals surface area contributed by atoms with Gasteiger partial charge in [-0.25, -0.2) is 58.7 Å². The molecule has 89 heavy (non-hydrogen) atoms. The average molecular weight is 1240 g/mol. The van der Waals surface area contributed by atoms with Crippen molar-refractivity contribution < 1.29 is 57.2 Å². The van der Waals surface area contributed by atoms with Crippen molar-refractivity contribution in [2.24, 2.45) is 0 Å². The Bertz CT molecular complexity index is 5600. The van der Waals surface area contributed by atoms with Gasteiger partial charge in [0, 0.05) is 84.6 Å². The van der Waals surface area contributed by atoms with Crippen LogP contribution >= 0.6 is 0 Å². The topological polar surface area (TPSA) is 220 Å². The van der Waals surface area contributed by atoms with Crippen molar-refractivity contribution in [2.75, 3.05) is 49.3 Å². The van der Waals surface area contributed by atoms with Gasteiger partial charge in [0.05, 0.1) is 85.1 Å². The van der Waals surface area contributed by atoms with Crippen LogP contribution in [-0.2, 0) is 20.0 Å². The summed E-state index contributed by atoms with van der Waals surface area (Å²) in [5.74, 6) is -4.01. The predicted molar refractivity (Wildman–Crippen MR) is 330 cm³/mol. The fourth-order valence-corrected chi connectivity index (χ4v) is 12.0. The molecule has 0 unspecified atom stereocenters. The maximum atomic E-state index is 14.9. The second-order valence-electron chi connectivity index (χ2n) is 20.9. The average Bonchev–Trinajstić information content (AvgIpc) is 1.74. The number of furan rings is 2. The third kappa shape index (κ3) is 9.70. The van der Waals surface area contributed by atoms with Crippen LogP contribution in [0.15, 0.2) is 161 Å². The number of anilines is 2. The van der Waals surface area contributed by atoms with E-state index < -0.39 is 55.1 Å². The molecule has 6 aromatic carbocycles. The summed E-state index contributed by atoms with van der Waals surface area (Å²) >= 11 is 0. The largest absolute Gasteiger partial charge is 0.455 e. The number of aromatic nitrogens is 6. The molecule has 25 heteroatoms. The SMILES string of the molecule is CNC(=O)c1c(-c2ccc(F)cc2)oc2cc(N(C)S(C)(=O)=O)c(-c3ccc4ncn5c6cccc(F)c6cc5c4n3)cc12.CNC(=O)c1c(-c2ccc(F)cc2F)oc2cc(N(C)S(C)(=O)=O)c(-c3ccc4ncn5c6cccc(F)c6cc5c4n3)cc12. The third-order valence-electron chi connectivity index (χ3n) is 15.5. The number of nitrogens with zero attached hydrogens (tertiary/aromatic N) is 8. The summed E-state index contributed by atoms with van der Waals surface area (Å²) < 4.78 is 141. The van der Waals surface area contributed by atoms with Crippen LogP contribution in [0.4, 0.5) is 33.3 Å². The molecule has 8 heterocycles. The van der Waals surface area contributed by atoms with E-state index in [0.29, 0.717) is 94.4 Å². The highest BCUT2D eigenvalue weighted by Gasteiger charge is 2.30. The second-order valence-corrected chi connectivity index (χ2v) is 24.9. The molecular weight excluding hydrogens is 1200 g/mol. The van der Waals surface area contributed by atoms with Crippen molar-refractivity contribution >= 4 is 120 Å². The summed E-state index contributed by atoms with van der Waals surface area (Å²) in [7, 11) is -1.93. The highest BCUT2D eigenvalue weighted by Crippen LogP contribution is 2.44. The fourth-order valence-electron chi connectivity index (χ4n) is 11.0. The van der Waals surface area contributed by atoms with Crippen LogP contribution in [0.1, 0.15) is 20.7 Å². The molecule has 0 radical (unpaired) electrons. The van der Waals surface area contributed by atoms with Crippen molar-refractivity contribution in [3.63, 3.8) is 0 Å². The lowest BCUT2D eigenvalue weighted by Crippen LogP contribution is -2.25. The van der Waals surface area contributed by atoms with E-state index >= 15 is 0 Å². The van der Waals surface area contributed by atoms with E-state index in [2.05, 4.69) is 20.6 Å². The van der Waals surface area contributed by atoms with Gasteiger partial charge >= 0.3 is 0 Å². The number of amides is 2. The van der Waals surface area contributed by atoms with Crippen molar-refractivity contribution in [3.8, 4) is 45.2 Å². The minimum atomic E-state index is -3.82. The summed E-state index contributed by atoms with van der Waals surface area (Å²) in [6.07, 6.45) is 5.28. The number of carbonyl (C=O) groups is 2. The first-order chi connectivity index (χ1) is 42.5. The van der Waals surface area contributed by atoms with Crippen molar-refractivity contribution in [3.05, 3.63) is 192 Å². The molecule has 18 nitrogen and oxygen atoms in total. The van der Waals surface area contributed by atoms with E-state index in [0.717, 1.165) is 33.3 Å². The number of rotatable bonds is 10. The molecule has 2 amide bonds. The van der Waals surface area contributed by atoms with Gasteiger partial charge in [0.15, 0.2) is 5.76 Å². The number of sulfonamides is 2. The molecule has 0 saturated heterocycles. The molecule has 0 atom stereocenters. The molecule has 14 rings (SSSR count). The Morgan fingerprint density at radius 2 is 0.933 bits per heavy atom. The van der Waals surface area contributed by atoms with Gasteiger partial charge in [-0.15, -0.1) is 0 Å². The monoisotopic (exact) mass is 1240 g/mol. The Morgan fingerprint density at radius 3 is 1.38 bits per heavy atom. The Kier molecular flexibility index (Phi) is 13.7. The van der Waals surface area contributed by atoms with E-state index in [4.69, 9.17) is 18.8 Å². The van der Waals surface area contributed by atoms with Crippen molar-refractivity contribution in [1.29, 1.82) is 0 Å². The van der Waals surface area contributed by atoms with Gasteiger partial charge < -0.3 is 19.5 Å². The van der Waals surface area contributed by atoms with Crippen LogP contribution in [-0.4, -0.2) is 98.1 Å². The van der Waals surface area contributed by atoms with E-state index in [-0.39, 0.29) is 62.0 Å². The van der Waals surface area contributed by atoms with Crippen LogP contribution in [0.25, 0.3) is 122 Å². The number of hydrogen-bond acceptors (Lipinski definition) is 12. The van der Waals surface area contributed by atoms with Crippen molar-refractivity contribution in [1.82, 2.24) is 39.4 Å². The Balaban J connectivity index is 0.000000164. The predicted octanol–water partition coefficient (Wildman–Crippen LogP) is 12.4. The third-order valence-corrected chi connectivity index (χ3v) is 17.9. The quantitative estimate of drug-likeness (QED) is 0.122. The van der Waals surface area contributed by atoms with Gasteiger partial charge in [-0.05, 0) is 109 Å². The van der Waals surface area contributed by atoms with Crippen LogP contribution in [0.5, 0.6) is 0 Å². The van der Waals surface area contributed by atoms with Crippen LogP contribution in [0.3, 0.4) is 0 Å². The van der Waals surface area contributed by atoms with Gasteiger partial charge in [0.25, 0.3) is 11.8 Å². The molecule has 8 aromatic heterocycles. The Labute approximate surface area is 501 Å². The van der Waals surface area contributed by atoms with E-state index in [1.165, 1.54) is 76.7 Å². The van der Waals surface area contributed by atoms with Gasteiger partial charge in [-0.3, -0.25) is 27.0 Å². The minimum Gasteiger partial charge on any atom is -0.455 e. The maximum Gasteiger partial charge on any atom is 0.255 e. The first kappa shape index (κ1) is 57.3. The lowest BCUT2D eigenvalue weighted by Gasteiger charge is -2.20. The Morgan fingerprint density at radius 1 is 0.483 bits per heavy atom. The molecule has 0 fully saturated rings. The summed E-state index contributed by atoms with van der Waals surface area (Å²) in [6, 6.07) is 34.2. The molecule has 0 aliphatic carbocycles. The van der Waals surface area contributed by atoms with Gasteiger partial charge in [-0.2, -0.15) is 0 Å². The zero-order valence-corrected chi connectivity index (χ0v) is 49.1. The van der Waals surface area contributed by atoms with Crippen LogP contribution in [0, 0.1) is 29.1 Å². The maximum absolute atomic E-state index is 14.9. The van der Waals surface area contributed by atoms with Gasteiger partial charge in [0.2, 0.25) is 20.0 Å². The van der Waals surface area contributed by atoms with E-state index in [9.17, 15) is 48.4 Å². The number of nitrogens with one attached hydrogen (secondary N) is 2. The fraction of sp³-hybridized carbons (Fsp3) is 0.0938. The van der Waals surface area contributed by atoms with Crippen LogP contribution < -0.4 is 19.2 Å². The smallest absolute Gasteiger partial charge is 0.255 e. The highest BCUT2D eigenvalue weighted by atomic mass is 32.2. The standard InChI is InChI=1S/C32H22F3N5O4S.C32H23F2N5O4S/c1-36-32(41)29-20-12-19(23-9-10-24-30(38-23)27-13-18-21(34)5-4-6-25(18)40(27)15-37-24)26(39(2)45(3,42)43)14-28(20)44-31(29)17-8-7-16(33)11-22(17)35;1-35-32(40)29-21-13-20(26(38(2)44(3,41)42)15-28(21)43-31(29)17-7-9-18(33)10-8-17)23-11-12-24-30(37-23)27-14-19-22(34)5-4-6-25(19)39(27)16-36-24/h4-15H,1-3H3,(H,36,41);4-16H,1-3H3,(H,35,40). The molecule has 2 N–H and O–H groups in total. The molecule has 0 aliphatic heterocycles. The molecule has 0 saturated carbocycles. The van der Waals surface area contributed by atoms with Gasteiger partial charge in [-0.1, -0.05) is 12.1 Å². The number of carbonyl (C=O) groups excluding carboxylic acids is 2. The molecular formula is C64H45F5N10O8S2. The first-order valence-corrected chi connectivity index (χ1v) is 30.7. The summed E-state index contributed by atoms with van der Waals surface area (Å²) in [5, 5.41) is 6.58. The zero-order chi connectivity index (χ0) is 62.7.